The molecular formula is C15H11N5OS2. The Kier molecular flexibility index (Phi) is 3.68. The van der Waals surface area contributed by atoms with E-state index in [-0.39, 0.29) is 0 Å². The fraction of sp³-hybridized carbons (Fsp3) is 0.0667. The lowest BCUT2D eigenvalue weighted by Gasteiger charge is -1.96. The summed E-state index contributed by atoms with van der Waals surface area (Å²) in [5.41, 5.74) is 2.29. The van der Waals surface area contributed by atoms with Crippen LogP contribution in [-0.2, 0) is 0 Å². The van der Waals surface area contributed by atoms with Gasteiger partial charge in [0.1, 0.15) is 22.5 Å². The van der Waals surface area contributed by atoms with E-state index in [0.29, 0.717) is 12.1 Å². The van der Waals surface area contributed by atoms with Crippen molar-refractivity contribution in [1.29, 1.82) is 0 Å². The summed E-state index contributed by atoms with van der Waals surface area (Å²) in [6.07, 6.45) is 3.32. The number of anilines is 1. The number of nitrogens with one attached hydrogen (secondary N) is 1. The van der Waals surface area contributed by atoms with Crippen molar-refractivity contribution in [1.82, 2.24) is 20.2 Å². The highest BCUT2D eigenvalue weighted by Gasteiger charge is 2.15. The van der Waals surface area contributed by atoms with Crippen molar-refractivity contribution in [3.63, 3.8) is 0 Å². The first-order chi connectivity index (χ1) is 11.3. The van der Waals surface area contributed by atoms with E-state index < -0.39 is 0 Å². The summed E-state index contributed by atoms with van der Waals surface area (Å²) >= 11 is 2.88. The first-order valence-electron chi connectivity index (χ1n) is 6.83. The van der Waals surface area contributed by atoms with Crippen molar-refractivity contribution >= 4 is 50.3 Å². The molecule has 3 aromatic heterocycles. The second kappa shape index (κ2) is 5.98. The number of hydrogen-bond donors (Lipinski definition) is 1. The maximum atomic E-state index is 5.91. The third kappa shape index (κ3) is 2.66. The minimum atomic E-state index is 0.653. The maximum Gasteiger partial charge on any atom is 0.206 e. The van der Waals surface area contributed by atoms with Crippen molar-refractivity contribution in [2.24, 2.45) is 0 Å². The number of rotatable bonds is 5. The number of fused-ring (bicyclic) bond motifs is 3. The molecule has 4 rings (SSSR count). The van der Waals surface area contributed by atoms with Crippen LogP contribution in [0.2, 0.25) is 0 Å². The zero-order valence-electron chi connectivity index (χ0n) is 11.9. The van der Waals surface area contributed by atoms with Gasteiger partial charge in [0.25, 0.3) is 0 Å². The first kappa shape index (κ1) is 14.2. The smallest absolute Gasteiger partial charge is 0.206 e. The summed E-state index contributed by atoms with van der Waals surface area (Å²) in [6, 6.07) is 7.82. The van der Waals surface area contributed by atoms with E-state index in [1.807, 2.05) is 24.3 Å². The zero-order valence-corrected chi connectivity index (χ0v) is 13.5. The fourth-order valence-electron chi connectivity index (χ4n) is 2.14. The van der Waals surface area contributed by atoms with Crippen molar-refractivity contribution in [3.05, 3.63) is 43.2 Å². The summed E-state index contributed by atoms with van der Waals surface area (Å²) < 4.78 is 6.70. The van der Waals surface area contributed by atoms with E-state index in [0.717, 1.165) is 31.0 Å². The summed E-state index contributed by atoms with van der Waals surface area (Å²) in [5.74, 6) is 0. The monoisotopic (exact) mass is 341 g/mol. The van der Waals surface area contributed by atoms with E-state index in [1.165, 1.54) is 23.1 Å². The van der Waals surface area contributed by atoms with Gasteiger partial charge in [0.15, 0.2) is 9.92 Å². The molecule has 114 valence electrons. The molecule has 0 radical (unpaired) electrons. The van der Waals surface area contributed by atoms with Crippen molar-refractivity contribution < 1.29 is 4.42 Å². The molecule has 0 aliphatic rings. The van der Waals surface area contributed by atoms with Crippen LogP contribution in [0.4, 0.5) is 5.13 Å². The van der Waals surface area contributed by atoms with Crippen LogP contribution >= 0.6 is 23.1 Å². The third-order valence-corrected chi connectivity index (χ3v) is 5.03. The average Bonchev–Trinajstić information content (AvgIpc) is 3.18. The quantitative estimate of drug-likeness (QED) is 0.434. The lowest BCUT2D eigenvalue weighted by atomic mass is 10.2. The Morgan fingerprint density at radius 2 is 2.17 bits per heavy atom. The first-order valence-corrected chi connectivity index (χ1v) is 8.47. The molecule has 0 amide bonds. The summed E-state index contributed by atoms with van der Waals surface area (Å²) in [6.45, 7) is 4.32. The number of hydrogen-bond acceptors (Lipinski definition) is 8. The van der Waals surface area contributed by atoms with Crippen molar-refractivity contribution in [2.75, 3.05) is 11.9 Å². The Bertz CT molecular complexity index is 994. The molecule has 4 aromatic rings. The van der Waals surface area contributed by atoms with Gasteiger partial charge in [0, 0.05) is 11.9 Å². The van der Waals surface area contributed by atoms with E-state index in [9.17, 15) is 0 Å². The maximum absolute atomic E-state index is 5.91. The van der Waals surface area contributed by atoms with Crippen LogP contribution in [0.15, 0.2) is 57.0 Å². The van der Waals surface area contributed by atoms with Crippen LogP contribution in [0.1, 0.15) is 0 Å². The molecule has 0 fully saturated rings. The second-order valence-electron chi connectivity index (χ2n) is 4.60. The molecule has 0 atom stereocenters. The van der Waals surface area contributed by atoms with Crippen molar-refractivity contribution in [2.45, 2.75) is 9.37 Å². The van der Waals surface area contributed by atoms with Crippen LogP contribution in [0, 0.1) is 0 Å². The molecule has 1 aromatic carbocycles. The Morgan fingerprint density at radius 3 is 3.09 bits per heavy atom. The normalized spacial score (nSPS) is 11.1. The Hall–Kier alpha value is -2.45. The van der Waals surface area contributed by atoms with E-state index in [4.69, 9.17) is 4.42 Å². The molecule has 1 N–H and O–H groups in total. The fourth-order valence-corrected chi connectivity index (χ4v) is 3.84. The Balaban J connectivity index is 1.71. The SMILES string of the molecule is C=CCNc1nnc(Sc2ncnc3c2oc2ccccc23)s1. The van der Waals surface area contributed by atoms with Gasteiger partial charge in [0.05, 0.1) is 0 Å². The highest BCUT2D eigenvalue weighted by molar-refractivity contribution is 8.01. The number of furan rings is 1. The Morgan fingerprint density at radius 1 is 1.26 bits per heavy atom. The van der Waals surface area contributed by atoms with Crippen LogP contribution in [-0.4, -0.2) is 26.7 Å². The highest BCUT2D eigenvalue weighted by Crippen LogP contribution is 2.37. The molecule has 0 saturated carbocycles. The molecule has 23 heavy (non-hydrogen) atoms. The molecule has 3 heterocycles. The molecule has 0 spiro atoms. The van der Waals surface area contributed by atoms with Gasteiger partial charge in [-0.1, -0.05) is 29.5 Å². The number of aromatic nitrogens is 4. The van der Waals surface area contributed by atoms with Crippen LogP contribution in [0.3, 0.4) is 0 Å². The van der Waals surface area contributed by atoms with Gasteiger partial charge in [-0.25, -0.2) is 9.97 Å². The predicted molar refractivity (Wildman–Crippen MR) is 92.0 cm³/mol. The van der Waals surface area contributed by atoms with E-state index in [1.54, 1.807) is 12.4 Å². The molecular weight excluding hydrogens is 330 g/mol. The number of benzene rings is 1. The summed E-state index contributed by atoms with van der Waals surface area (Å²) in [5, 5.41) is 13.8. The minimum absolute atomic E-state index is 0.653. The van der Waals surface area contributed by atoms with Gasteiger partial charge in [-0.05, 0) is 23.9 Å². The molecule has 0 aliphatic carbocycles. The van der Waals surface area contributed by atoms with Crippen LogP contribution < -0.4 is 5.32 Å². The molecule has 0 aliphatic heterocycles. The minimum Gasteiger partial charge on any atom is -0.451 e. The average molecular weight is 341 g/mol. The number of nitrogens with zero attached hydrogens (tertiary/aromatic N) is 4. The van der Waals surface area contributed by atoms with Gasteiger partial charge >= 0.3 is 0 Å². The molecule has 8 heteroatoms. The molecule has 0 bridgehead atoms. The standard InChI is InChI=1S/C15H11N5OS2/c1-2-7-16-14-19-20-15(23-14)22-13-12-11(17-8-18-13)9-5-3-4-6-10(9)21-12/h2-6,8H,1,7H2,(H,16,19). The molecule has 0 unspecified atom stereocenters. The highest BCUT2D eigenvalue weighted by atomic mass is 32.2. The molecule has 6 nitrogen and oxygen atoms in total. The summed E-state index contributed by atoms with van der Waals surface area (Å²) in [7, 11) is 0. The van der Waals surface area contributed by atoms with Gasteiger partial charge in [0.2, 0.25) is 5.13 Å². The third-order valence-electron chi connectivity index (χ3n) is 3.11. The lowest BCUT2D eigenvalue weighted by molar-refractivity contribution is 0.653. The van der Waals surface area contributed by atoms with Gasteiger partial charge < -0.3 is 9.73 Å². The Labute approximate surface area is 139 Å². The predicted octanol–water partition coefficient (Wildman–Crippen LogP) is 3.98. The van der Waals surface area contributed by atoms with Crippen molar-refractivity contribution in [3.8, 4) is 0 Å². The van der Waals surface area contributed by atoms with Crippen LogP contribution in [0.25, 0.3) is 22.1 Å². The number of para-hydroxylation sites is 1. The van der Waals surface area contributed by atoms with E-state index in [2.05, 4.69) is 32.1 Å². The second-order valence-corrected chi connectivity index (χ2v) is 6.81. The summed E-state index contributed by atoms with van der Waals surface area (Å²) in [4.78, 5) is 8.67. The van der Waals surface area contributed by atoms with Gasteiger partial charge in [-0.15, -0.1) is 16.8 Å². The van der Waals surface area contributed by atoms with Gasteiger partial charge in [-0.2, -0.15) is 0 Å². The van der Waals surface area contributed by atoms with Gasteiger partial charge in [-0.3, -0.25) is 0 Å². The largest absolute Gasteiger partial charge is 0.451 e. The zero-order chi connectivity index (χ0) is 15.6. The van der Waals surface area contributed by atoms with Crippen LogP contribution in [0.5, 0.6) is 0 Å². The van der Waals surface area contributed by atoms with E-state index >= 15 is 0 Å². The lowest BCUT2D eigenvalue weighted by Crippen LogP contribution is -1.96. The topological polar surface area (TPSA) is 76.7 Å². The molecule has 0 saturated heterocycles.